The number of nitro groups is 1. The van der Waals surface area contributed by atoms with Crippen molar-refractivity contribution in [2.24, 2.45) is 5.92 Å². The lowest BCUT2D eigenvalue weighted by Gasteiger charge is -2.24. The summed E-state index contributed by atoms with van der Waals surface area (Å²) in [6.07, 6.45) is 1.14. The molecule has 0 aliphatic heterocycles. The van der Waals surface area contributed by atoms with Crippen LogP contribution in [-0.2, 0) is 19.1 Å². The van der Waals surface area contributed by atoms with E-state index in [0.717, 1.165) is 0 Å². The number of ether oxygens (including phenoxy) is 1. The van der Waals surface area contributed by atoms with E-state index in [1.54, 1.807) is 6.92 Å². The van der Waals surface area contributed by atoms with Crippen LogP contribution < -0.4 is 5.32 Å². The Bertz CT molecular complexity index is 698. The van der Waals surface area contributed by atoms with Crippen LogP contribution in [0.15, 0.2) is 24.3 Å². The second-order valence-electron chi connectivity index (χ2n) is 6.06. The van der Waals surface area contributed by atoms with Crippen LogP contribution in [0.5, 0.6) is 0 Å². The van der Waals surface area contributed by atoms with Gasteiger partial charge in [-0.3, -0.25) is 19.7 Å². The Balaban J connectivity index is 2.29. The number of benzene rings is 1. The number of hydrogen-bond donors (Lipinski definition) is 2. The van der Waals surface area contributed by atoms with Crippen molar-refractivity contribution < 1.29 is 29.2 Å². The lowest BCUT2D eigenvalue weighted by Crippen LogP contribution is -2.46. The Kier molecular flexibility index (Phi) is 6.26. The maximum atomic E-state index is 12.0. The van der Waals surface area contributed by atoms with Crippen molar-refractivity contribution in [3.05, 3.63) is 39.9 Å². The number of carboxylic acid groups (broad SMARTS) is 1. The summed E-state index contributed by atoms with van der Waals surface area (Å²) in [5.74, 6) is -3.37. The molecule has 1 fully saturated rings. The SMILES string of the molecule is CCOC(=O)C[C@H](c1ccc([N+](=O)[O-])cc1)[C@@H](NC(=O)C1CC1)C(=O)O. The van der Waals surface area contributed by atoms with Gasteiger partial charge in [0.05, 0.1) is 18.0 Å². The zero-order valence-corrected chi connectivity index (χ0v) is 14.2. The van der Waals surface area contributed by atoms with E-state index in [-0.39, 0.29) is 30.5 Å². The molecule has 1 amide bonds. The van der Waals surface area contributed by atoms with Gasteiger partial charge in [0.25, 0.3) is 5.69 Å². The third-order valence-corrected chi connectivity index (χ3v) is 4.14. The number of nitrogens with one attached hydrogen (secondary N) is 1. The lowest BCUT2D eigenvalue weighted by molar-refractivity contribution is -0.384. The van der Waals surface area contributed by atoms with Crippen LogP contribution in [0, 0.1) is 16.0 Å². The third kappa shape index (κ3) is 5.01. The molecule has 2 N–H and O–H groups in total. The molecule has 1 aromatic rings. The standard InChI is InChI=1S/C17H20N2O7/c1-2-26-14(20)9-13(10-5-7-12(8-6-10)19(24)25)15(17(22)23)18-16(21)11-3-4-11/h5-8,11,13,15H,2-4,9H2,1H3,(H,18,21)(H,22,23)/t13-,15-/m1/s1. The number of nitrogens with zero attached hydrogens (tertiary/aromatic N) is 1. The molecule has 1 saturated carbocycles. The fourth-order valence-corrected chi connectivity index (χ4v) is 2.62. The first kappa shape index (κ1) is 19.4. The summed E-state index contributed by atoms with van der Waals surface area (Å²) in [5, 5.41) is 22.8. The number of rotatable bonds is 9. The monoisotopic (exact) mass is 364 g/mol. The van der Waals surface area contributed by atoms with Gasteiger partial charge in [0, 0.05) is 24.0 Å². The number of nitro benzene ring substituents is 1. The minimum absolute atomic E-state index is 0.137. The van der Waals surface area contributed by atoms with Crippen molar-refractivity contribution in [1.82, 2.24) is 5.32 Å². The predicted molar refractivity (Wildman–Crippen MR) is 89.4 cm³/mol. The second kappa shape index (κ2) is 8.41. The van der Waals surface area contributed by atoms with Crippen molar-refractivity contribution in [3.8, 4) is 0 Å². The summed E-state index contributed by atoms with van der Waals surface area (Å²) in [7, 11) is 0. The van der Waals surface area contributed by atoms with E-state index in [1.165, 1.54) is 24.3 Å². The molecule has 0 aromatic heterocycles. The number of carbonyl (C=O) groups excluding carboxylic acids is 2. The quantitative estimate of drug-likeness (QED) is 0.386. The van der Waals surface area contributed by atoms with E-state index in [1.807, 2.05) is 0 Å². The first-order valence-electron chi connectivity index (χ1n) is 8.26. The minimum Gasteiger partial charge on any atom is -0.480 e. The van der Waals surface area contributed by atoms with Gasteiger partial charge in [-0.1, -0.05) is 12.1 Å². The molecule has 0 saturated heterocycles. The molecule has 0 unspecified atom stereocenters. The molecule has 9 nitrogen and oxygen atoms in total. The van der Waals surface area contributed by atoms with Crippen LogP contribution in [0.3, 0.4) is 0 Å². The van der Waals surface area contributed by atoms with Crippen molar-refractivity contribution in [2.45, 2.75) is 38.1 Å². The van der Waals surface area contributed by atoms with E-state index in [2.05, 4.69) is 5.32 Å². The highest BCUT2D eigenvalue weighted by molar-refractivity contribution is 5.87. The van der Waals surface area contributed by atoms with E-state index in [0.29, 0.717) is 18.4 Å². The molecule has 1 aliphatic carbocycles. The highest BCUT2D eigenvalue weighted by Crippen LogP contribution is 2.31. The number of carbonyl (C=O) groups is 3. The van der Waals surface area contributed by atoms with Crippen LogP contribution >= 0.6 is 0 Å². The maximum Gasteiger partial charge on any atom is 0.326 e. The molecule has 0 radical (unpaired) electrons. The summed E-state index contributed by atoms with van der Waals surface area (Å²) < 4.78 is 4.90. The fraction of sp³-hybridized carbons (Fsp3) is 0.471. The molecule has 0 spiro atoms. The van der Waals surface area contributed by atoms with Gasteiger partial charge < -0.3 is 15.2 Å². The average molecular weight is 364 g/mol. The van der Waals surface area contributed by atoms with E-state index in [9.17, 15) is 29.6 Å². The Hall–Kier alpha value is -2.97. The first-order chi connectivity index (χ1) is 12.3. The van der Waals surface area contributed by atoms with Crippen molar-refractivity contribution in [1.29, 1.82) is 0 Å². The Morgan fingerprint density at radius 1 is 1.31 bits per heavy atom. The smallest absolute Gasteiger partial charge is 0.326 e. The van der Waals surface area contributed by atoms with Gasteiger partial charge in [-0.05, 0) is 25.3 Å². The summed E-state index contributed by atoms with van der Waals surface area (Å²) >= 11 is 0. The summed E-state index contributed by atoms with van der Waals surface area (Å²) in [6.45, 7) is 1.76. The molecule has 140 valence electrons. The third-order valence-electron chi connectivity index (χ3n) is 4.14. The van der Waals surface area contributed by atoms with E-state index >= 15 is 0 Å². The maximum absolute atomic E-state index is 12.0. The molecule has 9 heteroatoms. The summed E-state index contributed by atoms with van der Waals surface area (Å²) in [4.78, 5) is 45.9. The Morgan fingerprint density at radius 3 is 2.38 bits per heavy atom. The Morgan fingerprint density at radius 2 is 1.92 bits per heavy atom. The van der Waals surface area contributed by atoms with Crippen molar-refractivity contribution in [2.75, 3.05) is 6.61 Å². The molecule has 1 aromatic carbocycles. The molecular formula is C17H20N2O7. The predicted octanol–water partition coefficient (Wildman–Crippen LogP) is 1.61. The number of aliphatic carboxylic acids is 1. The number of hydrogen-bond acceptors (Lipinski definition) is 6. The largest absolute Gasteiger partial charge is 0.480 e. The number of carboxylic acids is 1. The van der Waals surface area contributed by atoms with Crippen LogP contribution in [0.1, 0.15) is 37.7 Å². The lowest BCUT2D eigenvalue weighted by atomic mass is 9.88. The van der Waals surface area contributed by atoms with Gasteiger partial charge in [0.15, 0.2) is 0 Å². The molecule has 2 atom stereocenters. The average Bonchev–Trinajstić information content (AvgIpc) is 3.43. The zero-order valence-electron chi connectivity index (χ0n) is 14.2. The van der Waals surface area contributed by atoms with Gasteiger partial charge in [-0.2, -0.15) is 0 Å². The van der Waals surface area contributed by atoms with Gasteiger partial charge in [-0.25, -0.2) is 4.79 Å². The van der Waals surface area contributed by atoms with Gasteiger partial charge >= 0.3 is 11.9 Å². The molecule has 2 rings (SSSR count). The van der Waals surface area contributed by atoms with Crippen molar-refractivity contribution >= 4 is 23.5 Å². The van der Waals surface area contributed by atoms with E-state index in [4.69, 9.17) is 4.74 Å². The minimum atomic E-state index is -1.34. The van der Waals surface area contributed by atoms with Gasteiger partial charge in [-0.15, -0.1) is 0 Å². The van der Waals surface area contributed by atoms with Gasteiger partial charge in [0.1, 0.15) is 6.04 Å². The number of non-ortho nitro benzene ring substituents is 1. The molecule has 0 heterocycles. The Labute approximate surface area is 149 Å². The van der Waals surface area contributed by atoms with Crippen LogP contribution in [0.4, 0.5) is 5.69 Å². The molecular weight excluding hydrogens is 344 g/mol. The number of amides is 1. The molecule has 1 aliphatic rings. The van der Waals surface area contributed by atoms with Crippen LogP contribution in [0.2, 0.25) is 0 Å². The normalized spacial score (nSPS) is 15.6. The van der Waals surface area contributed by atoms with E-state index < -0.39 is 28.8 Å². The van der Waals surface area contributed by atoms with Crippen LogP contribution in [-0.4, -0.2) is 40.5 Å². The molecule has 26 heavy (non-hydrogen) atoms. The molecule has 0 bridgehead atoms. The van der Waals surface area contributed by atoms with Crippen molar-refractivity contribution in [3.63, 3.8) is 0 Å². The zero-order chi connectivity index (χ0) is 19.3. The second-order valence-corrected chi connectivity index (χ2v) is 6.06. The summed E-state index contributed by atoms with van der Waals surface area (Å²) in [6, 6.07) is 3.90. The fourth-order valence-electron chi connectivity index (χ4n) is 2.62. The van der Waals surface area contributed by atoms with Crippen LogP contribution in [0.25, 0.3) is 0 Å². The number of esters is 1. The highest BCUT2D eigenvalue weighted by atomic mass is 16.6. The highest BCUT2D eigenvalue weighted by Gasteiger charge is 2.37. The topological polar surface area (TPSA) is 136 Å². The van der Waals surface area contributed by atoms with Gasteiger partial charge in [0.2, 0.25) is 5.91 Å². The first-order valence-corrected chi connectivity index (χ1v) is 8.26. The summed E-state index contributed by atoms with van der Waals surface area (Å²) in [5.41, 5.74) is 0.240.